The number of halogens is 1. The van der Waals surface area contributed by atoms with E-state index in [9.17, 15) is 29.6 Å². The second-order valence-electron chi connectivity index (χ2n) is 21.5. The van der Waals surface area contributed by atoms with Gasteiger partial charge in [0.1, 0.15) is 36.3 Å². The van der Waals surface area contributed by atoms with E-state index in [0.29, 0.717) is 101 Å². The van der Waals surface area contributed by atoms with Crippen molar-refractivity contribution in [2.75, 3.05) is 107 Å². The van der Waals surface area contributed by atoms with Crippen LogP contribution in [0.2, 0.25) is 0 Å². The Hall–Kier alpha value is -6.81. The van der Waals surface area contributed by atoms with Gasteiger partial charge in [-0.15, -0.1) is 0 Å². The first-order chi connectivity index (χ1) is 36.2. The molecule has 21 heteroatoms. The number of amides is 2. The number of rotatable bonds is 11. The van der Waals surface area contributed by atoms with Crippen molar-refractivity contribution < 1.29 is 33.3 Å². The highest BCUT2D eigenvalue weighted by Gasteiger charge is 2.37. The lowest BCUT2D eigenvalue weighted by Crippen LogP contribution is -2.56. The molecule has 2 aromatic carbocycles. The van der Waals surface area contributed by atoms with Crippen LogP contribution in [0.15, 0.2) is 36.4 Å². The minimum Gasteiger partial charge on any atom is -0.465 e. The van der Waals surface area contributed by atoms with Crippen LogP contribution in [0.3, 0.4) is 0 Å². The van der Waals surface area contributed by atoms with Crippen molar-refractivity contribution in [3.63, 3.8) is 0 Å². The highest BCUT2D eigenvalue weighted by molar-refractivity contribution is 5.94. The molecule has 20 nitrogen and oxygen atoms in total. The molecule has 10 rings (SSSR count). The summed E-state index contributed by atoms with van der Waals surface area (Å²) < 4.78 is 32.5. The molecule has 2 N–H and O–H groups in total. The molecule has 4 aromatic rings. The molecule has 0 bridgehead atoms. The topological polar surface area (TPSA) is 216 Å². The molecule has 0 saturated carbocycles. The zero-order valence-electron chi connectivity index (χ0n) is 44.0. The Bertz CT molecular complexity index is 2780. The van der Waals surface area contributed by atoms with Crippen LogP contribution in [-0.4, -0.2) is 179 Å². The SMILES string of the molecule is CN1CCCC1COc1nc2c(c(N3CCN(C(=O)OC(C)(C)C)C(CC#N)C3)n1)CCNC2.CN1CCC[C@H]1COc1nc2c(c(N3CCN(C(=O)O)C(CC#N)C3)n1)CCN(c1cccc3c(F)cccc13)C2. The molecule has 75 heavy (non-hydrogen) atoms. The second-order valence-corrected chi connectivity index (χ2v) is 21.5. The van der Waals surface area contributed by atoms with Crippen molar-refractivity contribution in [2.24, 2.45) is 0 Å². The third-order valence-corrected chi connectivity index (χ3v) is 15.3. The molecule has 0 radical (unpaired) electrons. The van der Waals surface area contributed by atoms with Crippen LogP contribution in [0, 0.1) is 28.5 Å². The Balaban J connectivity index is 0.000000187. The number of anilines is 3. The first-order valence-electron chi connectivity index (χ1n) is 26.5. The fraction of sp³-hybridized carbons (Fsp3) is 0.593. The van der Waals surface area contributed by atoms with E-state index >= 15 is 0 Å². The smallest absolute Gasteiger partial charge is 0.410 e. The number of ether oxygens (including phenoxy) is 3. The molecule has 6 aliphatic heterocycles. The summed E-state index contributed by atoms with van der Waals surface area (Å²) in [7, 11) is 4.23. The number of aromatic nitrogens is 4. The lowest BCUT2D eigenvalue weighted by atomic mass is 10.0. The van der Waals surface area contributed by atoms with Crippen LogP contribution in [0.4, 0.5) is 31.3 Å². The van der Waals surface area contributed by atoms with Gasteiger partial charge in [0.05, 0.1) is 55.0 Å². The largest absolute Gasteiger partial charge is 0.465 e. The summed E-state index contributed by atoms with van der Waals surface area (Å²) in [5.74, 6) is 1.38. The summed E-state index contributed by atoms with van der Waals surface area (Å²) >= 11 is 0. The molecule has 4 fully saturated rings. The Morgan fingerprint density at radius 2 is 1.29 bits per heavy atom. The van der Waals surface area contributed by atoms with Crippen LogP contribution < -0.4 is 29.5 Å². The van der Waals surface area contributed by atoms with Gasteiger partial charge in [0, 0.05) is 92.0 Å². The van der Waals surface area contributed by atoms with Gasteiger partial charge < -0.3 is 58.9 Å². The Kier molecular flexibility index (Phi) is 16.5. The highest BCUT2D eigenvalue weighted by atomic mass is 19.1. The van der Waals surface area contributed by atoms with Crippen LogP contribution in [0.5, 0.6) is 12.0 Å². The summed E-state index contributed by atoms with van der Waals surface area (Å²) in [5, 5.41) is 33.3. The quantitative estimate of drug-likeness (QED) is 0.181. The van der Waals surface area contributed by atoms with Gasteiger partial charge in [0.15, 0.2) is 0 Å². The van der Waals surface area contributed by atoms with Gasteiger partial charge in [0.25, 0.3) is 0 Å². The summed E-state index contributed by atoms with van der Waals surface area (Å²) in [6.45, 7) is 14.3. The van der Waals surface area contributed by atoms with E-state index in [-0.39, 0.29) is 37.3 Å². The van der Waals surface area contributed by atoms with Gasteiger partial charge >= 0.3 is 24.2 Å². The second kappa shape index (κ2) is 23.4. The number of hydrogen-bond acceptors (Lipinski definition) is 17. The fourth-order valence-electron chi connectivity index (χ4n) is 11.3. The molecule has 8 heterocycles. The average molecular weight is 1030 g/mol. The van der Waals surface area contributed by atoms with Gasteiger partial charge in [-0.3, -0.25) is 0 Å². The molecule has 3 unspecified atom stereocenters. The lowest BCUT2D eigenvalue weighted by Gasteiger charge is -2.42. The van der Waals surface area contributed by atoms with Gasteiger partial charge in [-0.05, 0) is 105 Å². The van der Waals surface area contributed by atoms with E-state index in [0.717, 1.165) is 90.5 Å². The summed E-state index contributed by atoms with van der Waals surface area (Å²) in [5.41, 5.74) is 4.33. The van der Waals surface area contributed by atoms with E-state index in [4.69, 9.17) is 34.1 Å². The van der Waals surface area contributed by atoms with Gasteiger partial charge in [-0.25, -0.2) is 14.0 Å². The molecule has 6 aliphatic rings. The molecule has 4 saturated heterocycles. The van der Waals surface area contributed by atoms with Crippen molar-refractivity contribution >= 4 is 40.3 Å². The normalized spacial score (nSPS) is 22.2. The van der Waals surface area contributed by atoms with E-state index in [1.165, 1.54) is 17.4 Å². The van der Waals surface area contributed by atoms with Crippen molar-refractivity contribution in [2.45, 2.75) is 115 Å². The number of nitrogens with zero attached hydrogens (tertiary/aromatic N) is 13. The molecule has 0 aliphatic carbocycles. The monoisotopic (exact) mass is 1030 g/mol. The standard InChI is InChI=1S/C30H34FN7O3.C24H37N7O3/c1-35-13-4-5-21(35)19-41-29-33-26-18-36(27-9-3-6-22-23(27)7-2-8-25(22)31)14-11-24(26)28(34-29)37-15-16-38(30(39)40)20(17-37)10-12-32;1-24(2,3)34-23(32)31-13-12-30(15-17(31)7-9-25)21-19-8-10-26-14-20(19)27-22(28-21)33-16-18-6-5-11-29(18)4/h2-3,6-9,20-21H,4-5,10-11,13-19H2,1H3,(H,39,40);17-18,26H,5-8,10-16H2,1-4H3/t20?,21-;/m0./s1. The van der Waals surface area contributed by atoms with Gasteiger partial charge in [0.2, 0.25) is 0 Å². The van der Waals surface area contributed by atoms with Crippen molar-refractivity contribution in [1.82, 2.24) is 44.9 Å². The number of likely N-dealkylation sites (N-methyl/N-ethyl adjacent to an activating group) is 2. The first kappa shape index (κ1) is 53.0. The summed E-state index contributed by atoms with van der Waals surface area (Å²) in [6.07, 6.45) is 4.98. The van der Waals surface area contributed by atoms with Crippen molar-refractivity contribution in [3.05, 3.63) is 64.7 Å². The number of nitriles is 2. The maximum atomic E-state index is 14.6. The number of piperazine rings is 2. The van der Waals surface area contributed by atoms with Crippen LogP contribution in [0.1, 0.15) is 81.8 Å². The maximum Gasteiger partial charge on any atom is 0.410 e. The van der Waals surface area contributed by atoms with E-state index < -0.39 is 17.7 Å². The van der Waals surface area contributed by atoms with Crippen LogP contribution >= 0.6 is 0 Å². The Morgan fingerprint density at radius 3 is 1.88 bits per heavy atom. The number of fused-ring (bicyclic) bond motifs is 3. The zero-order valence-corrected chi connectivity index (χ0v) is 44.0. The molecule has 4 atom stereocenters. The number of carbonyl (C=O) groups is 2. The van der Waals surface area contributed by atoms with Crippen LogP contribution in [0.25, 0.3) is 10.8 Å². The third-order valence-electron chi connectivity index (χ3n) is 15.3. The number of nitrogens with one attached hydrogen (secondary N) is 1. The molecule has 400 valence electrons. The van der Waals surface area contributed by atoms with E-state index in [2.05, 4.69) is 56.1 Å². The number of hydrogen-bond donors (Lipinski definition) is 2. The maximum absolute atomic E-state index is 14.6. The van der Waals surface area contributed by atoms with E-state index in [1.54, 1.807) is 17.0 Å². The minimum atomic E-state index is -1.01. The van der Waals surface area contributed by atoms with Gasteiger partial charge in [-0.1, -0.05) is 24.3 Å². The average Bonchev–Trinajstić information content (AvgIpc) is 4.03. The fourth-order valence-corrected chi connectivity index (χ4v) is 11.3. The molecule has 2 aromatic heterocycles. The third kappa shape index (κ3) is 12.3. The lowest BCUT2D eigenvalue weighted by molar-refractivity contribution is 0.0144. The molecular weight excluding hydrogens is 960 g/mol. The Labute approximate surface area is 438 Å². The van der Waals surface area contributed by atoms with Gasteiger partial charge in [-0.2, -0.15) is 30.5 Å². The number of benzene rings is 2. The predicted molar refractivity (Wildman–Crippen MR) is 281 cm³/mol. The number of carbonyl (C=O) groups excluding carboxylic acids is 1. The first-order valence-corrected chi connectivity index (χ1v) is 26.5. The highest BCUT2D eigenvalue weighted by Crippen LogP contribution is 2.36. The summed E-state index contributed by atoms with van der Waals surface area (Å²) in [4.78, 5) is 58.0. The predicted octanol–water partition coefficient (Wildman–Crippen LogP) is 5.82. The molecule has 0 spiro atoms. The molecule has 2 amide bonds. The minimum absolute atomic E-state index is 0.110. The van der Waals surface area contributed by atoms with Crippen molar-refractivity contribution in [3.8, 4) is 24.2 Å². The Morgan fingerprint density at radius 1 is 0.720 bits per heavy atom. The van der Waals surface area contributed by atoms with E-state index in [1.807, 2.05) is 39.0 Å². The molecular formula is C54H71FN14O6. The number of carboxylic acid groups (broad SMARTS) is 1. The van der Waals surface area contributed by atoms with Crippen LogP contribution in [-0.2, 0) is 30.7 Å². The summed E-state index contributed by atoms with van der Waals surface area (Å²) in [6, 6.07) is 15.9. The van der Waals surface area contributed by atoms with Crippen molar-refractivity contribution in [1.29, 1.82) is 10.5 Å². The number of likely N-dealkylation sites (tertiary alicyclic amines) is 2. The zero-order chi connectivity index (χ0) is 52.8.